The van der Waals surface area contributed by atoms with E-state index in [-0.39, 0.29) is 0 Å². The molecule has 2 aliphatic carbocycles. The average Bonchev–Trinajstić information content (AvgIpc) is 2.97. The van der Waals surface area contributed by atoms with Gasteiger partial charge in [0.2, 0.25) is 0 Å². The molecule has 0 nitrogen and oxygen atoms in total. The minimum atomic E-state index is -2.77. The molecule has 0 aliphatic heterocycles. The summed E-state index contributed by atoms with van der Waals surface area (Å²) in [6.45, 7) is 4.67. The summed E-state index contributed by atoms with van der Waals surface area (Å²) in [5.41, 5.74) is 1.69. The Morgan fingerprint density at radius 1 is 1.22 bits per heavy atom. The van der Waals surface area contributed by atoms with Crippen molar-refractivity contribution in [3.05, 3.63) is 42.5 Å². The maximum absolute atomic E-state index is 2.77. The Morgan fingerprint density at radius 2 is 2.00 bits per heavy atom. The van der Waals surface area contributed by atoms with Crippen LogP contribution >= 0.6 is 0 Å². The molecule has 0 aromatic carbocycles. The van der Waals surface area contributed by atoms with E-state index >= 15 is 0 Å². The zero-order valence-corrected chi connectivity index (χ0v) is 16.0. The monoisotopic (exact) mass is 336 g/mol. The zero-order chi connectivity index (χ0) is 13.3. The van der Waals surface area contributed by atoms with Crippen LogP contribution in [0.5, 0.6) is 0 Å². The summed E-state index contributed by atoms with van der Waals surface area (Å²) in [4.78, 5) is 0. The molecule has 0 N–H and O–H groups in total. The van der Waals surface area contributed by atoms with E-state index in [9.17, 15) is 0 Å². The predicted molar refractivity (Wildman–Crippen MR) is 82.4 cm³/mol. The van der Waals surface area contributed by atoms with Crippen molar-refractivity contribution in [3.8, 4) is 0 Å². The standard InChI is InChI=1S/C9H13.C5H5.2CH3.H2Si.Zr/c1-2-3-6-9-7-4-5-8-9;1-2-4-5-3-1;;;;/h4,7H,2-3,5-6H2,1H3;1-3H,4H2;2*1H3;1H2;. The van der Waals surface area contributed by atoms with Gasteiger partial charge >= 0.3 is 115 Å². The van der Waals surface area contributed by atoms with Gasteiger partial charge in [-0.1, -0.05) is 0 Å². The second kappa shape index (κ2) is 5.21. The van der Waals surface area contributed by atoms with Crippen molar-refractivity contribution in [1.29, 1.82) is 0 Å². The summed E-state index contributed by atoms with van der Waals surface area (Å²) < 4.78 is 8.90. The molecule has 98 valence electrons. The summed E-state index contributed by atoms with van der Waals surface area (Å²) >= 11 is -2.77. The maximum atomic E-state index is 2.63. The van der Waals surface area contributed by atoms with Gasteiger partial charge in [0.25, 0.3) is 0 Å². The van der Waals surface area contributed by atoms with Crippen LogP contribution in [0.3, 0.4) is 0 Å². The molecule has 0 fully saturated rings. The molecule has 0 bridgehead atoms. The van der Waals surface area contributed by atoms with Crippen LogP contribution in [0, 0.1) is 0 Å². The normalized spacial score (nSPS) is 19.9. The van der Waals surface area contributed by atoms with Gasteiger partial charge in [-0.15, -0.1) is 0 Å². The van der Waals surface area contributed by atoms with Crippen molar-refractivity contribution < 1.29 is 17.4 Å². The number of allylic oxidation sites excluding steroid dienone is 8. The molecule has 0 radical (unpaired) electrons. The quantitative estimate of drug-likeness (QED) is 0.645. The van der Waals surface area contributed by atoms with Crippen molar-refractivity contribution >= 4 is 6.88 Å². The minimum absolute atomic E-state index is 1.21. The topological polar surface area (TPSA) is 0 Å². The molecule has 0 saturated heterocycles. The van der Waals surface area contributed by atoms with E-state index in [0.717, 1.165) is 0 Å². The van der Waals surface area contributed by atoms with Gasteiger partial charge in [0.1, 0.15) is 0 Å². The summed E-state index contributed by atoms with van der Waals surface area (Å²) in [5, 5.41) is 0. The van der Waals surface area contributed by atoms with Gasteiger partial charge in [0.05, 0.1) is 0 Å². The van der Waals surface area contributed by atoms with E-state index in [1.165, 1.54) is 32.1 Å². The summed E-state index contributed by atoms with van der Waals surface area (Å²) in [6.07, 6.45) is 18.2. The van der Waals surface area contributed by atoms with Crippen LogP contribution in [0.1, 0.15) is 39.0 Å². The summed E-state index contributed by atoms with van der Waals surface area (Å²) in [6, 6.07) is 0. The van der Waals surface area contributed by atoms with Gasteiger partial charge < -0.3 is 0 Å². The summed E-state index contributed by atoms with van der Waals surface area (Å²) in [5.74, 6) is 0. The van der Waals surface area contributed by atoms with E-state index in [4.69, 9.17) is 0 Å². The molecule has 0 spiro atoms. The Morgan fingerprint density at radius 3 is 2.61 bits per heavy atom. The molecule has 0 heterocycles. The number of hydrogen-bond acceptors (Lipinski definition) is 0. The molecule has 0 saturated carbocycles. The Bertz CT molecular complexity index is 523. The number of hydrogen-bond donors (Lipinski definition) is 0. The van der Waals surface area contributed by atoms with Crippen molar-refractivity contribution in [2.45, 2.75) is 48.3 Å². The Balaban J connectivity index is 2.37. The van der Waals surface area contributed by atoms with E-state index in [0.29, 0.717) is 0 Å². The Hall–Kier alpha value is 0.0600. The van der Waals surface area contributed by atoms with Gasteiger partial charge in [0.15, 0.2) is 0 Å². The van der Waals surface area contributed by atoms with Gasteiger partial charge in [-0.3, -0.25) is 0 Å². The first-order chi connectivity index (χ1) is 8.44. The second-order valence-electron chi connectivity index (χ2n) is 6.72. The van der Waals surface area contributed by atoms with Gasteiger partial charge in [-0.05, 0) is 0 Å². The Labute approximate surface area is 114 Å². The van der Waals surface area contributed by atoms with Crippen LogP contribution in [0.15, 0.2) is 42.5 Å². The molecule has 2 rings (SSSR count). The first-order valence-corrected chi connectivity index (χ1v) is 20.6. The Kier molecular flexibility index (Phi) is 4.19. The van der Waals surface area contributed by atoms with Crippen molar-refractivity contribution in [2.24, 2.45) is 0 Å². The van der Waals surface area contributed by atoms with E-state index in [2.05, 4.69) is 53.4 Å². The molecule has 2 heteroatoms. The number of unbranched alkanes of at least 4 members (excludes halogenated alkanes) is 1. The van der Waals surface area contributed by atoms with Crippen LogP contribution in [0.4, 0.5) is 0 Å². The van der Waals surface area contributed by atoms with E-state index < -0.39 is 17.4 Å². The van der Waals surface area contributed by atoms with E-state index in [1.807, 2.05) is 3.28 Å². The molecule has 0 amide bonds. The van der Waals surface area contributed by atoms with Crippen LogP contribution in [-0.2, 0) is 17.4 Å². The van der Waals surface area contributed by atoms with Gasteiger partial charge in [0, 0.05) is 0 Å². The molecule has 0 unspecified atom stereocenters. The fraction of sp³-hybridized carbons (Fsp3) is 0.500. The zero-order valence-electron chi connectivity index (χ0n) is 12.1. The molecular weight excluding hydrogens is 311 g/mol. The van der Waals surface area contributed by atoms with Gasteiger partial charge in [-0.25, -0.2) is 0 Å². The fourth-order valence-electron chi connectivity index (χ4n) is 3.23. The molecule has 18 heavy (non-hydrogen) atoms. The van der Waals surface area contributed by atoms with Gasteiger partial charge in [-0.2, -0.15) is 0 Å². The molecule has 0 aromatic heterocycles. The molecule has 0 aromatic rings. The van der Waals surface area contributed by atoms with Crippen LogP contribution in [-0.4, -0.2) is 6.88 Å². The summed E-state index contributed by atoms with van der Waals surface area (Å²) in [7, 11) is 0. The molecule has 0 atom stereocenters. The van der Waals surface area contributed by atoms with Crippen molar-refractivity contribution in [1.82, 2.24) is 0 Å². The van der Waals surface area contributed by atoms with Crippen molar-refractivity contribution in [3.63, 3.8) is 0 Å². The third-order valence-corrected chi connectivity index (χ3v) is 21.8. The third kappa shape index (κ3) is 2.65. The van der Waals surface area contributed by atoms with Crippen LogP contribution in [0.2, 0.25) is 9.26 Å². The van der Waals surface area contributed by atoms with Crippen LogP contribution in [0.25, 0.3) is 0 Å². The first kappa shape index (κ1) is 14.5. The fourth-order valence-corrected chi connectivity index (χ4v) is 16.3. The second-order valence-corrected chi connectivity index (χ2v) is 35.5. The van der Waals surface area contributed by atoms with Crippen LogP contribution < -0.4 is 0 Å². The predicted octanol–water partition coefficient (Wildman–Crippen LogP) is 4.57. The molecular formula is C16H26SiZr. The van der Waals surface area contributed by atoms with Crippen molar-refractivity contribution in [2.75, 3.05) is 0 Å². The van der Waals surface area contributed by atoms with E-state index in [1.54, 1.807) is 8.85 Å². The average molecular weight is 338 g/mol. The third-order valence-electron chi connectivity index (χ3n) is 4.60. The SMILES string of the molecule is CCCCC1=[C]([Zr]([CH3])([CH3])(=[SiH2])[C]2=CC=CC2)CC=C1. The molecule has 2 aliphatic rings. The number of rotatable bonds is 5. The first-order valence-electron chi connectivity index (χ1n) is 7.27.